The Balaban J connectivity index is 1.51. The van der Waals surface area contributed by atoms with Crippen LogP contribution in [-0.2, 0) is 6.73 Å². The van der Waals surface area contributed by atoms with Crippen molar-refractivity contribution in [2.24, 2.45) is 0 Å². The molecule has 1 unspecified atom stereocenters. The molecule has 5 rings (SSSR count). The third-order valence-corrected chi connectivity index (χ3v) is 6.44. The zero-order chi connectivity index (χ0) is 24.4. The molecule has 0 saturated heterocycles. The Morgan fingerprint density at radius 2 is 2.00 bits per heavy atom. The topological polar surface area (TPSA) is 107 Å². The van der Waals surface area contributed by atoms with Crippen LogP contribution in [-0.4, -0.2) is 32.3 Å². The summed E-state index contributed by atoms with van der Waals surface area (Å²) in [6.07, 6.45) is 5.15. The second-order valence-corrected chi connectivity index (χ2v) is 9.41. The minimum atomic E-state index is 0.158. The predicted molar refractivity (Wildman–Crippen MR) is 134 cm³/mol. The SMILES string of the molecule is CC(C)NC(C)Nc1ccc(-c2c(C#N)c3ccc(OC[n+]4cnn[nH]4)cc3n2C2CCC2)cc1. The fourth-order valence-corrected chi connectivity index (χ4v) is 4.72. The van der Waals surface area contributed by atoms with Crippen molar-refractivity contribution in [3.8, 4) is 23.1 Å². The van der Waals surface area contributed by atoms with Crippen LogP contribution in [0.3, 0.4) is 0 Å². The van der Waals surface area contributed by atoms with Gasteiger partial charge in [0.1, 0.15) is 16.9 Å². The number of aromatic nitrogens is 5. The van der Waals surface area contributed by atoms with Gasteiger partial charge < -0.3 is 14.6 Å². The number of nitrogens with zero attached hydrogens (tertiary/aromatic N) is 5. The van der Waals surface area contributed by atoms with Crippen molar-refractivity contribution in [2.45, 2.75) is 65.0 Å². The molecule has 9 nitrogen and oxygen atoms in total. The maximum atomic E-state index is 10.2. The van der Waals surface area contributed by atoms with Crippen molar-refractivity contribution in [3.63, 3.8) is 0 Å². The predicted octanol–water partition coefficient (Wildman–Crippen LogP) is 4.10. The number of H-pyrrole nitrogens is 1. The van der Waals surface area contributed by atoms with E-state index < -0.39 is 0 Å². The highest BCUT2D eigenvalue weighted by Crippen LogP contribution is 2.43. The summed E-state index contributed by atoms with van der Waals surface area (Å²) in [6, 6.07) is 17.6. The van der Waals surface area contributed by atoms with Crippen LogP contribution in [0.5, 0.6) is 5.75 Å². The van der Waals surface area contributed by atoms with Gasteiger partial charge in [0.2, 0.25) is 6.73 Å². The molecule has 2 heterocycles. The summed E-state index contributed by atoms with van der Waals surface area (Å²) in [5, 5.41) is 28.3. The number of fused-ring (bicyclic) bond motifs is 1. The van der Waals surface area contributed by atoms with E-state index in [9.17, 15) is 5.26 Å². The Bertz CT molecular complexity index is 1330. The number of hydrogen-bond acceptors (Lipinski definition) is 6. The number of aromatic amines is 1. The maximum absolute atomic E-state index is 10.2. The van der Waals surface area contributed by atoms with Crippen molar-refractivity contribution in [1.29, 1.82) is 5.26 Å². The molecule has 0 bridgehead atoms. The summed E-state index contributed by atoms with van der Waals surface area (Å²) in [7, 11) is 0. The number of rotatable bonds is 9. The fourth-order valence-electron chi connectivity index (χ4n) is 4.72. The van der Waals surface area contributed by atoms with Crippen LogP contribution in [0.2, 0.25) is 0 Å². The summed E-state index contributed by atoms with van der Waals surface area (Å²) >= 11 is 0. The molecular formula is C26H31N8O+. The van der Waals surface area contributed by atoms with Crippen molar-refractivity contribution >= 4 is 16.6 Å². The minimum Gasteiger partial charge on any atom is -0.459 e. The van der Waals surface area contributed by atoms with Gasteiger partial charge in [0, 0.05) is 29.2 Å². The first-order valence-corrected chi connectivity index (χ1v) is 12.1. The first-order chi connectivity index (χ1) is 17.0. The van der Waals surface area contributed by atoms with Crippen molar-refractivity contribution in [3.05, 3.63) is 54.4 Å². The van der Waals surface area contributed by atoms with Crippen LogP contribution in [0, 0.1) is 11.3 Å². The van der Waals surface area contributed by atoms with Crippen LogP contribution in [0.15, 0.2) is 48.8 Å². The zero-order valence-electron chi connectivity index (χ0n) is 20.3. The lowest BCUT2D eigenvalue weighted by molar-refractivity contribution is -0.778. The minimum absolute atomic E-state index is 0.158. The third kappa shape index (κ3) is 4.70. The molecule has 2 aromatic carbocycles. The molecule has 0 amide bonds. The summed E-state index contributed by atoms with van der Waals surface area (Å²) in [4.78, 5) is 0. The Labute approximate surface area is 204 Å². The van der Waals surface area contributed by atoms with Crippen molar-refractivity contribution < 1.29 is 9.42 Å². The van der Waals surface area contributed by atoms with E-state index in [-0.39, 0.29) is 12.9 Å². The highest BCUT2D eigenvalue weighted by molar-refractivity contribution is 5.95. The zero-order valence-corrected chi connectivity index (χ0v) is 20.3. The number of tetrazole rings is 1. The van der Waals surface area contributed by atoms with E-state index in [1.165, 1.54) is 6.42 Å². The molecule has 9 heteroatoms. The van der Waals surface area contributed by atoms with E-state index in [0.717, 1.165) is 46.4 Å². The number of nitrogens with one attached hydrogen (secondary N) is 3. The monoisotopic (exact) mass is 471 g/mol. The van der Waals surface area contributed by atoms with Gasteiger partial charge in [-0.2, -0.15) is 5.26 Å². The van der Waals surface area contributed by atoms with Crippen LogP contribution < -0.4 is 20.1 Å². The maximum Gasteiger partial charge on any atom is 0.291 e. The molecule has 2 aromatic heterocycles. The highest BCUT2D eigenvalue weighted by Gasteiger charge is 2.28. The average Bonchev–Trinajstić information content (AvgIpc) is 3.43. The summed E-state index contributed by atoms with van der Waals surface area (Å²) in [5.74, 6) is 0.736. The molecule has 1 saturated carbocycles. The molecule has 0 spiro atoms. The molecule has 1 aliphatic rings. The Kier molecular flexibility index (Phi) is 6.38. The van der Waals surface area contributed by atoms with Gasteiger partial charge in [-0.1, -0.05) is 17.3 Å². The molecular weight excluding hydrogens is 440 g/mol. The summed E-state index contributed by atoms with van der Waals surface area (Å²) in [5.41, 5.74) is 4.81. The lowest BCUT2D eigenvalue weighted by Crippen LogP contribution is -2.38. The molecule has 0 radical (unpaired) electrons. The number of anilines is 1. The summed E-state index contributed by atoms with van der Waals surface area (Å²) < 4.78 is 9.95. The van der Waals surface area contributed by atoms with Gasteiger partial charge in [0.15, 0.2) is 5.21 Å². The van der Waals surface area contributed by atoms with Gasteiger partial charge in [-0.05, 0) is 69.9 Å². The normalized spacial score (nSPS) is 14.6. The number of ether oxygens (including phenoxy) is 1. The molecule has 180 valence electrons. The van der Waals surface area contributed by atoms with Crippen LogP contribution in [0.25, 0.3) is 22.2 Å². The second-order valence-electron chi connectivity index (χ2n) is 9.41. The molecule has 0 aliphatic heterocycles. The highest BCUT2D eigenvalue weighted by atomic mass is 16.5. The van der Waals surface area contributed by atoms with Crippen molar-refractivity contribution in [2.75, 3.05) is 5.32 Å². The Morgan fingerprint density at radius 3 is 2.63 bits per heavy atom. The van der Waals surface area contributed by atoms with Crippen LogP contribution in [0.4, 0.5) is 5.69 Å². The van der Waals surface area contributed by atoms with Crippen molar-refractivity contribution in [1.82, 2.24) is 25.4 Å². The van der Waals surface area contributed by atoms with Gasteiger partial charge in [0.05, 0.1) is 22.9 Å². The van der Waals surface area contributed by atoms with E-state index in [0.29, 0.717) is 17.6 Å². The lowest BCUT2D eigenvalue weighted by atomic mass is 9.92. The fraction of sp³-hybridized carbons (Fsp3) is 0.385. The van der Waals surface area contributed by atoms with Gasteiger partial charge in [-0.15, -0.1) is 4.68 Å². The standard InChI is InChI=1S/C26H30N8O/c1-17(2)29-18(3)30-20-9-7-19(8-10-20)26-24(14-27)23-12-11-22(35-16-33-15-28-31-32-33)13-25(23)34(26)21-5-4-6-21/h7-13,15,17-18,21,29-30H,4-6,16H2,1-3H3/p+1. The largest absolute Gasteiger partial charge is 0.459 e. The number of hydrogen-bond donors (Lipinski definition) is 3. The van der Waals surface area contributed by atoms with Gasteiger partial charge in [-0.25, -0.2) is 0 Å². The van der Waals surface area contributed by atoms with E-state index in [4.69, 9.17) is 4.74 Å². The summed E-state index contributed by atoms with van der Waals surface area (Å²) in [6.45, 7) is 6.65. The van der Waals surface area contributed by atoms with Crippen LogP contribution in [0.1, 0.15) is 51.6 Å². The molecule has 35 heavy (non-hydrogen) atoms. The third-order valence-electron chi connectivity index (χ3n) is 6.44. The van der Waals surface area contributed by atoms with E-state index in [1.54, 1.807) is 11.0 Å². The second kappa shape index (κ2) is 9.76. The van der Waals surface area contributed by atoms with Gasteiger partial charge >= 0.3 is 0 Å². The number of benzene rings is 2. The van der Waals surface area contributed by atoms with E-state index in [2.05, 4.69) is 81.8 Å². The lowest BCUT2D eigenvalue weighted by Gasteiger charge is -2.30. The van der Waals surface area contributed by atoms with Crippen LogP contribution >= 0.6 is 0 Å². The first-order valence-electron chi connectivity index (χ1n) is 12.1. The Hall–Kier alpha value is -3.90. The quantitative estimate of drug-likeness (QED) is 0.251. The molecule has 3 N–H and O–H groups in total. The van der Waals surface area contributed by atoms with Gasteiger partial charge in [-0.3, -0.25) is 5.32 Å². The molecule has 1 fully saturated rings. The smallest absolute Gasteiger partial charge is 0.291 e. The van der Waals surface area contributed by atoms with E-state index >= 15 is 0 Å². The van der Waals surface area contributed by atoms with Gasteiger partial charge in [0.25, 0.3) is 6.33 Å². The Morgan fingerprint density at radius 1 is 1.20 bits per heavy atom. The molecule has 1 atom stereocenters. The molecule has 1 aliphatic carbocycles. The van der Waals surface area contributed by atoms with E-state index in [1.807, 2.05) is 18.2 Å². The number of nitriles is 1. The first kappa shape index (κ1) is 22.9. The average molecular weight is 472 g/mol. The molecule has 4 aromatic rings.